The highest BCUT2D eigenvalue weighted by Crippen LogP contribution is 2.16. The Hall–Kier alpha value is -1.01. The number of likely N-dealkylation sites (N-methyl/N-ethyl adjacent to an activating group) is 1. The smallest absolute Gasteiger partial charge is 0.128 e. The summed E-state index contributed by atoms with van der Waals surface area (Å²) >= 11 is 0. The zero-order chi connectivity index (χ0) is 14.6. The fraction of sp³-hybridized carbons (Fsp3) is 0.600. The largest absolute Gasteiger partial charge is 0.385 e. The van der Waals surface area contributed by atoms with Crippen molar-refractivity contribution in [1.29, 1.82) is 0 Å². The van der Waals surface area contributed by atoms with Crippen molar-refractivity contribution >= 4 is 0 Å². The van der Waals surface area contributed by atoms with Gasteiger partial charge in [0.05, 0.1) is 25.9 Å². The molecule has 114 valence electrons. The molecule has 20 heavy (non-hydrogen) atoms. The van der Waals surface area contributed by atoms with Crippen LogP contribution in [-0.2, 0) is 14.2 Å². The molecule has 1 atom stereocenters. The highest BCUT2D eigenvalue weighted by molar-refractivity contribution is 5.21. The summed E-state index contributed by atoms with van der Waals surface area (Å²) in [7, 11) is 3.46. The van der Waals surface area contributed by atoms with Gasteiger partial charge in [-0.25, -0.2) is 4.39 Å². The highest BCUT2D eigenvalue weighted by atomic mass is 19.1. The van der Waals surface area contributed by atoms with Crippen LogP contribution in [0, 0.1) is 5.82 Å². The average molecular weight is 285 g/mol. The minimum absolute atomic E-state index is 0.148. The number of rotatable bonds is 11. The number of hydrogen-bond donors (Lipinski definition) is 1. The van der Waals surface area contributed by atoms with Gasteiger partial charge in [0.15, 0.2) is 0 Å². The number of hydrogen-bond acceptors (Lipinski definition) is 4. The Morgan fingerprint density at radius 1 is 1.10 bits per heavy atom. The molecule has 0 aliphatic heterocycles. The Kier molecular flexibility index (Phi) is 9.15. The fourth-order valence-electron chi connectivity index (χ4n) is 1.81. The monoisotopic (exact) mass is 285 g/mol. The SMILES string of the molecule is CNC(COCCOCCCOC)c1ccccc1F. The molecule has 1 rings (SSSR count). The standard InChI is InChI=1S/C15H24FNO3/c1-17-15(13-6-3-4-7-14(13)16)12-20-11-10-19-9-5-8-18-2/h3-4,6-7,15,17H,5,8-12H2,1-2H3. The maximum Gasteiger partial charge on any atom is 0.128 e. The van der Waals surface area contributed by atoms with Gasteiger partial charge in [-0.05, 0) is 19.5 Å². The molecule has 0 aromatic heterocycles. The molecule has 0 saturated heterocycles. The first-order chi connectivity index (χ1) is 9.79. The second kappa shape index (κ2) is 10.7. The lowest BCUT2D eigenvalue weighted by molar-refractivity contribution is 0.0328. The lowest BCUT2D eigenvalue weighted by Gasteiger charge is -2.17. The molecule has 1 aromatic carbocycles. The highest BCUT2D eigenvalue weighted by Gasteiger charge is 2.13. The van der Waals surface area contributed by atoms with Crippen LogP contribution >= 0.6 is 0 Å². The van der Waals surface area contributed by atoms with Crippen molar-refractivity contribution in [3.63, 3.8) is 0 Å². The van der Waals surface area contributed by atoms with E-state index in [1.54, 1.807) is 26.3 Å². The summed E-state index contributed by atoms with van der Waals surface area (Å²) < 4.78 is 29.5. The van der Waals surface area contributed by atoms with Gasteiger partial charge in [-0.15, -0.1) is 0 Å². The summed E-state index contributed by atoms with van der Waals surface area (Å²) in [6, 6.07) is 6.58. The van der Waals surface area contributed by atoms with Crippen molar-refractivity contribution in [2.45, 2.75) is 12.5 Å². The Bertz CT molecular complexity index is 363. The van der Waals surface area contributed by atoms with E-state index >= 15 is 0 Å². The second-order valence-corrected chi connectivity index (χ2v) is 4.40. The van der Waals surface area contributed by atoms with E-state index < -0.39 is 0 Å². The zero-order valence-corrected chi connectivity index (χ0v) is 12.2. The number of methoxy groups -OCH3 is 1. The lowest BCUT2D eigenvalue weighted by Crippen LogP contribution is -2.23. The first kappa shape index (κ1) is 17.0. The molecule has 1 unspecified atom stereocenters. The van der Waals surface area contributed by atoms with Gasteiger partial charge < -0.3 is 19.5 Å². The normalized spacial score (nSPS) is 12.6. The van der Waals surface area contributed by atoms with Gasteiger partial charge in [0.25, 0.3) is 0 Å². The van der Waals surface area contributed by atoms with Gasteiger partial charge in [-0.1, -0.05) is 18.2 Å². The molecule has 0 aliphatic carbocycles. The molecule has 1 aromatic rings. The van der Waals surface area contributed by atoms with Crippen LogP contribution in [0.2, 0.25) is 0 Å². The Morgan fingerprint density at radius 2 is 1.85 bits per heavy atom. The van der Waals surface area contributed by atoms with Gasteiger partial charge in [0, 0.05) is 25.9 Å². The predicted molar refractivity (Wildman–Crippen MR) is 76.3 cm³/mol. The molecule has 4 nitrogen and oxygen atoms in total. The molecular formula is C15H24FNO3. The molecule has 5 heteroatoms. The first-order valence-electron chi connectivity index (χ1n) is 6.85. The van der Waals surface area contributed by atoms with Crippen LogP contribution in [0.3, 0.4) is 0 Å². The quantitative estimate of drug-likeness (QED) is 0.632. The lowest BCUT2D eigenvalue weighted by atomic mass is 10.1. The van der Waals surface area contributed by atoms with E-state index in [9.17, 15) is 4.39 Å². The molecule has 0 bridgehead atoms. The van der Waals surface area contributed by atoms with Gasteiger partial charge in [-0.2, -0.15) is 0 Å². The Labute approximate surface area is 120 Å². The van der Waals surface area contributed by atoms with Gasteiger partial charge >= 0.3 is 0 Å². The van der Waals surface area contributed by atoms with Crippen LogP contribution in [0.5, 0.6) is 0 Å². The van der Waals surface area contributed by atoms with Crippen molar-refractivity contribution in [3.8, 4) is 0 Å². The van der Waals surface area contributed by atoms with E-state index in [1.165, 1.54) is 6.07 Å². The van der Waals surface area contributed by atoms with E-state index in [-0.39, 0.29) is 11.9 Å². The molecule has 0 heterocycles. The van der Waals surface area contributed by atoms with E-state index in [1.807, 2.05) is 6.07 Å². The molecule has 1 N–H and O–H groups in total. The van der Waals surface area contributed by atoms with Gasteiger partial charge in [0.2, 0.25) is 0 Å². The van der Waals surface area contributed by atoms with Gasteiger partial charge in [0.1, 0.15) is 5.82 Å². The topological polar surface area (TPSA) is 39.7 Å². The maximum absolute atomic E-state index is 13.6. The van der Waals surface area contributed by atoms with Crippen molar-refractivity contribution in [1.82, 2.24) is 5.32 Å². The van der Waals surface area contributed by atoms with Crippen LogP contribution in [-0.4, -0.2) is 47.2 Å². The molecule has 0 amide bonds. The average Bonchev–Trinajstić information content (AvgIpc) is 2.47. The maximum atomic E-state index is 13.6. The predicted octanol–water partition coefficient (Wildman–Crippen LogP) is 2.16. The van der Waals surface area contributed by atoms with Crippen LogP contribution in [0.25, 0.3) is 0 Å². The van der Waals surface area contributed by atoms with Crippen LogP contribution in [0.15, 0.2) is 24.3 Å². The van der Waals surface area contributed by atoms with Crippen LogP contribution in [0.1, 0.15) is 18.0 Å². The van der Waals surface area contributed by atoms with Crippen molar-refractivity contribution < 1.29 is 18.6 Å². The first-order valence-corrected chi connectivity index (χ1v) is 6.85. The molecule has 0 radical (unpaired) electrons. The summed E-state index contributed by atoms with van der Waals surface area (Å²) in [5.41, 5.74) is 0.621. The number of halogens is 1. The van der Waals surface area contributed by atoms with E-state index in [2.05, 4.69) is 5.32 Å². The minimum atomic E-state index is -0.216. The third-order valence-corrected chi connectivity index (χ3v) is 2.92. The van der Waals surface area contributed by atoms with Crippen molar-refractivity contribution in [2.24, 2.45) is 0 Å². The fourth-order valence-corrected chi connectivity index (χ4v) is 1.81. The number of benzene rings is 1. The van der Waals surface area contributed by atoms with E-state index in [0.717, 1.165) is 6.42 Å². The Balaban J connectivity index is 2.18. The molecule has 0 spiro atoms. The van der Waals surface area contributed by atoms with Crippen molar-refractivity contribution in [2.75, 3.05) is 47.2 Å². The summed E-state index contributed by atoms with van der Waals surface area (Å²) in [6.07, 6.45) is 0.880. The van der Waals surface area contributed by atoms with Crippen LogP contribution in [0.4, 0.5) is 4.39 Å². The van der Waals surface area contributed by atoms with Crippen LogP contribution < -0.4 is 5.32 Å². The molecule has 0 saturated carbocycles. The van der Waals surface area contributed by atoms with Gasteiger partial charge in [-0.3, -0.25) is 0 Å². The summed E-state index contributed by atoms with van der Waals surface area (Å²) in [4.78, 5) is 0. The third-order valence-electron chi connectivity index (χ3n) is 2.92. The minimum Gasteiger partial charge on any atom is -0.385 e. The third kappa shape index (κ3) is 6.43. The second-order valence-electron chi connectivity index (χ2n) is 4.40. The van der Waals surface area contributed by atoms with Crippen molar-refractivity contribution in [3.05, 3.63) is 35.6 Å². The summed E-state index contributed by atoms with van der Waals surface area (Å²) in [5, 5.41) is 3.06. The van der Waals surface area contributed by atoms with E-state index in [0.29, 0.717) is 38.6 Å². The number of nitrogens with one attached hydrogen (secondary N) is 1. The molecule has 0 fully saturated rings. The van der Waals surface area contributed by atoms with E-state index in [4.69, 9.17) is 14.2 Å². The summed E-state index contributed by atoms with van der Waals surface area (Å²) in [6.45, 7) is 2.83. The zero-order valence-electron chi connectivity index (χ0n) is 12.2. The Morgan fingerprint density at radius 3 is 2.55 bits per heavy atom. The summed E-state index contributed by atoms with van der Waals surface area (Å²) in [5.74, 6) is -0.216. The molecular weight excluding hydrogens is 261 g/mol. The number of ether oxygens (including phenoxy) is 3. The molecule has 0 aliphatic rings.